The first-order valence-corrected chi connectivity index (χ1v) is 11.1. The number of piperazine rings is 1. The minimum atomic E-state index is -3.60. The molecule has 0 atom stereocenters. The highest BCUT2D eigenvalue weighted by Crippen LogP contribution is 2.27. The molecule has 2 heterocycles. The second-order valence-electron chi connectivity index (χ2n) is 6.83. The molecule has 0 radical (unpaired) electrons. The Balaban J connectivity index is 1.42. The number of oxazole rings is 1. The van der Waals surface area contributed by atoms with Gasteiger partial charge in [-0.05, 0) is 42.8 Å². The van der Waals surface area contributed by atoms with Gasteiger partial charge in [-0.1, -0.05) is 29.3 Å². The van der Waals surface area contributed by atoms with Crippen LogP contribution in [0.4, 0.5) is 0 Å². The molecule has 28 heavy (non-hydrogen) atoms. The zero-order valence-corrected chi connectivity index (χ0v) is 17.6. The fraction of sp³-hybridized carbons (Fsp3) is 0.316. The van der Waals surface area contributed by atoms with Crippen LogP contribution in [0.3, 0.4) is 0 Å². The van der Waals surface area contributed by atoms with Crippen LogP contribution in [0, 0.1) is 6.92 Å². The number of hydrogen-bond donors (Lipinski definition) is 0. The summed E-state index contributed by atoms with van der Waals surface area (Å²) in [5.74, 6) is 0.640. The number of hydrogen-bond acceptors (Lipinski definition) is 5. The molecule has 1 aromatic heterocycles. The standard InChI is InChI=1S/C19H19Cl2N3O3S/c1-13-2-5-18-17(10-13)22-19(27-18)12-23-6-8-24(9-7-23)28(25,26)14-3-4-15(20)16(21)11-14/h2-5,10-11H,6-9,12H2,1H3. The Hall–Kier alpha value is -1.64. The Labute approximate surface area is 173 Å². The number of rotatable bonds is 4. The van der Waals surface area contributed by atoms with Gasteiger partial charge in [-0.3, -0.25) is 4.90 Å². The molecule has 148 valence electrons. The largest absolute Gasteiger partial charge is 0.439 e. The highest BCUT2D eigenvalue weighted by Gasteiger charge is 2.29. The van der Waals surface area contributed by atoms with Crippen LogP contribution < -0.4 is 0 Å². The third-order valence-electron chi connectivity index (χ3n) is 4.81. The van der Waals surface area contributed by atoms with Crippen molar-refractivity contribution in [2.45, 2.75) is 18.4 Å². The van der Waals surface area contributed by atoms with Crippen molar-refractivity contribution < 1.29 is 12.8 Å². The maximum Gasteiger partial charge on any atom is 0.243 e. The maximum absolute atomic E-state index is 12.8. The fourth-order valence-corrected chi connectivity index (χ4v) is 5.07. The molecule has 0 aliphatic carbocycles. The minimum Gasteiger partial charge on any atom is -0.439 e. The van der Waals surface area contributed by atoms with Gasteiger partial charge in [0, 0.05) is 26.2 Å². The van der Waals surface area contributed by atoms with Crippen LogP contribution in [0.25, 0.3) is 11.1 Å². The van der Waals surface area contributed by atoms with Crippen molar-refractivity contribution in [2.24, 2.45) is 0 Å². The molecule has 0 bridgehead atoms. The van der Waals surface area contributed by atoms with E-state index in [0.717, 1.165) is 16.7 Å². The van der Waals surface area contributed by atoms with Crippen LogP contribution in [0.5, 0.6) is 0 Å². The quantitative estimate of drug-likeness (QED) is 0.615. The number of aryl methyl sites for hydroxylation is 1. The number of nitrogens with zero attached hydrogens (tertiary/aromatic N) is 3. The van der Waals surface area contributed by atoms with Crippen molar-refractivity contribution >= 4 is 44.3 Å². The molecule has 0 unspecified atom stereocenters. The molecule has 9 heteroatoms. The van der Waals surface area contributed by atoms with Crippen LogP contribution in [-0.2, 0) is 16.6 Å². The average Bonchev–Trinajstić information content (AvgIpc) is 3.05. The topological polar surface area (TPSA) is 66.7 Å². The van der Waals surface area contributed by atoms with Gasteiger partial charge >= 0.3 is 0 Å². The lowest BCUT2D eigenvalue weighted by Gasteiger charge is -2.33. The molecule has 0 N–H and O–H groups in total. The van der Waals surface area contributed by atoms with E-state index in [0.29, 0.717) is 43.6 Å². The summed E-state index contributed by atoms with van der Waals surface area (Å²) in [5, 5.41) is 0.562. The highest BCUT2D eigenvalue weighted by atomic mass is 35.5. The number of aromatic nitrogens is 1. The molecule has 6 nitrogen and oxygen atoms in total. The molecule has 0 amide bonds. The van der Waals surface area contributed by atoms with E-state index in [1.54, 1.807) is 0 Å². The van der Waals surface area contributed by atoms with Gasteiger partial charge in [0.1, 0.15) is 5.52 Å². The van der Waals surface area contributed by atoms with Crippen LogP contribution >= 0.6 is 23.2 Å². The summed E-state index contributed by atoms with van der Waals surface area (Å²) in [6, 6.07) is 10.3. The van der Waals surface area contributed by atoms with E-state index in [1.807, 2.05) is 25.1 Å². The lowest BCUT2D eigenvalue weighted by molar-refractivity contribution is 0.169. The Kier molecular flexibility index (Phi) is 5.37. The van der Waals surface area contributed by atoms with Gasteiger partial charge in [0.25, 0.3) is 0 Å². The monoisotopic (exact) mass is 439 g/mol. The van der Waals surface area contributed by atoms with Crippen LogP contribution in [-0.4, -0.2) is 48.8 Å². The summed E-state index contributed by atoms with van der Waals surface area (Å²) in [6.07, 6.45) is 0. The number of sulfonamides is 1. The van der Waals surface area contributed by atoms with Crippen molar-refractivity contribution in [2.75, 3.05) is 26.2 Å². The normalized spacial score (nSPS) is 16.7. The summed E-state index contributed by atoms with van der Waals surface area (Å²) in [5.41, 5.74) is 2.74. The fourth-order valence-electron chi connectivity index (χ4n) is 3.26. The molecule has 1 aliphatic heterocycles. The first-order chi connectivity index (χ1) is 13.3. The second kappa shape index (κ2) is 7.65. The smallest absolute Gasteiger partial charge is 0.243 e. The minimum absolute atomic E-state index is 0.157. The SMILES string of the molecule is Cc1ccc2oc(CN3CCN(S(=O)(=O)c4ccc(Cl)c(Cl)c4)CC3)nc2c1. The summed E-state index contributed by atoms with van der Waals surface area (Å²) >= 11 is 11.9. The van der Waals surface area contributed by atoms with Gasteiger partial charge < -0.3 is 4.42 Å². The second-order valence-corrected chi connectivity index (χ2v) is 9.59. The van der Waals surface area contributed by atoms with E-state index in [9.17, 15) is 8.42 Å². The zero-order chi connectivity index (χ0) is 19.9. The number of benzene rings is 2. The Morgan fingerprint density at radius 1 is 1.04 bits per heavy atom. The molecule has 0 spiro atoms. The Morgan fingerprint density at radius 2 is 1.79 bits per heavy atom. The third kappa shape index (κ3) is 3.90. The van der Waals surface area contributed by atoms with Gasteiger partial charge in [0.05, 0.1) is 21.5 Å². The summed E-state index contributed by atoms with van der Waals surface area (Å²) in [6.45, 7) is 4.54. The van der Waals surface area contributed by atoms with E-state index in [2.05, 4.69) is 9.88 Å². The summed E-state index contributed by atoms with van der Waals surface area (Å²) in [7, 11) is -3.60. The maximum atomic E-state index is 12.8. The molecule has 4 rings (SSSR count). The predicted molar refractivity (Wildman–Crippen MR) is 109 cm³/mol. The van der Waals surface area contributed by atoms with Crippen LogP contribution in [0.15, 0.2) is 45.7 Å². The number of fused-ring (bicyclic) bond motifs is 1. The molecule has 0 saturated carbocycles. The van der Waals surface area contributed by atoms with Crippen LogP contribution in [0.2, 0.25) is 10.0 Å². The van der Waals surface area contributed by atoms with Crippen molar-refractivity contribution in [1.29, 1.82) is 0 Å². The van der Waals surface area contributed by atoms with Crippen molar-refractivity contribution in [3.8, 4) is 0 Å². The first-order valence-electron chi connectivity index (χ1n) is 8.86. The molecule has 2 aromatic carbocycles. The van der Waals surface area contributed by atoms with Crippen LogP contribution in [0.1, 0.15) is 11.5 Å². The lowest BCUT2D eigenvalue weighted by Crippen LogP contribution is -2.48. The molecular formula is C19H19Cl2N3O3S. The van der Waals surface area contributed by atoms with Gasteiger partial charge in [-0.2, -0.15) is 4.31 Å². The zero-order valence-electron chi connectivity index (χ0n) is 15.2. The average molecular weight is 440 g/mol. The number of halogens is 2. The first kappa shape index (κ1) is 19.7. The molecule has 1 aliphatic rings. The highest BCUT2D eigenvalue weighted by molar-refractivity contribution is 7.89. The Morgan fingerprint density at radius 3 is 2.50 bits per heavy atom. The Bertz CT molecular complexity index is 1120. The molecule has 3 aromatic rings. The van der Waals surface area contributed by atoms with E-state index < -0.39 is 10.0 Å². The van der Waals surface area contributed by atoms with Gasteiger partial charge in [-0.25, -0.2) is 13.4 Å². The van der Waals surface area contributed by atoms with E-state index >= 15 is 0 Å². The molecular weight excluding hydrogens is 421 g/mol. The molecule has 1 saturated heterocycles. The van der Waals surface area contributed by atoms with Gasteiger partial charge in [0.15, 0.2) is 5.58 Å². The van der Waals surface area contributed by atoms with Crippen molar-refractivity contribution in [3.63, 3.8) is 0 Å². The summed E-state index contributed by atoms with van der Waals surface area (Å²) in [4.78, 5) is 6.83. The van der Waals surface area contributed by atoms with E-state index in [1.165, 1.54) is 22.5 Å². The van der Waals surface area contributed by atoms with E-state index in [-0.39, 0.29) is 9.92 Å². The van der Waals surface area contributed by atoms with Crippen molar-refractivity contribution in [3.05, 3.63) is 57.9 Å². The van der Waals surface area contributed by atoms with Gasteiger partial charge in [0.2, 0.25) is 15.9 Å². The lowest BCUT2D eigenvalue weighted by atomic mass is 10.2. The third-order valence-corrected chi connectivity index (χ3v) is 7.44. The predicted octanol–water partition coefficient (Wildman–Crippen LogP) is 3.95. The van der Waals surface area contributed by atoms with Crippen molar-refractivity contribution in [1.82, 2.24) is 14.2 Å². The molecule has 1 fully saturated rings. The van der Waals surface area contributed by atoms with Gasteiger partial charge in [-0.15, -0.1) is 0 Å². The van der Waals surface area contributed by atoms with E-state index in [4.69, 9.17) is 27.6 Å². The summed E-state index contributed by atoms with van der Waals surface area (Å²) < 4.78 is 33.0.